The monoisotopic (exact) mass is 174 g/mol. The summed E-state index contributed by atoms with van der Waals surface area (Å²) >= 11 is 0. The summed E-state index contributed by atoms with van der Waals surface area (Å²) in [6, 6.07) is 0. The van der Waals surface area contributed by atoms with E-state index in [0.29, 0.717) is 0 Å². The zero-order chi connectivity index (χ0) is 9.56. The Morgan fingerprint density at radius 1 is 1.50 bits per heavy atom. The highest BCUT2D eigenvalue weighted by atomic mass is 16.5. The van der Waals surface area contributed by atoms with Crippen molar-refractivity contribution >= 4 is 0 Å². The summed E-state index contributed by atoms with van der Waals surface area (Å²) in [7, 11) is 3.20. The summed E-state index contributed by atoms with van der Waals surface area (Å²) < 4.78 is 10.2. The fourth-order valence-corrected chi connectivity index (χ4v) is 1.19. The molecule has 3 heteroatoms. The molecule has 0 amide bonds. The van der Waals surface area contributed by atoms with E-state index in [1.165, 1.54) is 0 Å². The van der Waals surface area contributed by atoms with E-state index in [2.05, 4.69) is 0 Å². The minimum Gasteiger partial charge on any atom is -0.501 e. The van der Waals surface area contributed by atoms with E-state index in [0.717, 1.165) is 5.76 Å². The molecule has 0 aromatic carbocycles. The lowest BCUT2D eigenvalue weighted by molar-refractivity contribution is 0.00859. The molecule has 72 valence electrons. The van der Waals surface area contributed by atoms with E-state index in [4.69, 9.17) is 14.6 Å². The van der Waals surface area contributed by atoms with Crippen LogP contribution in [-0.2, 0) is 9.47 Å². The average molecular weight is 174 g/mol. The van der Waals surface area contributed by atoms with E-state index in [9.17, 15) is 0 Å². The molecule has 1 N–H and O–H groups in total. The van der Waals surface area contributed by atoms with Crippen LogP contribution in [0.5, 0.6) is 0 Å². The van der Waals surface area contributed by atoms with Gasteiger partial charge in [-0.2, -0.15) is 0 Å². The van der Waals surface area contributed by atoms with Crippen LogP contribution in [0.1, 0.15) is 13.8 Å². The van der Waals surface area contributed by atoms with Crippen LogP contribution in [-0.4, -0.2) is 32.0 Å². The van der Waals surface area contributed by atoms with Crippen LogP contribution >= 0.6 is 0 Å². The number of rotatable bonds is 5. The van der Waals surface area contributed by atoms with Crippen LogP contribution in [0.3, 0.4) is 0 Å². The predicted octanol–water partition coefficient (Wildman–Crippen LogP) is 1.18. The first-order valence-corrected chi connectivity index (χ1v) is 4.05. The number of aliphatic hydroxyl groups excluding tert-OH is 1. The molecule has 0 aromatic rings. The summed E-state index contributed by atoms with van der Waals surface area (Å²) in [6.45, 7) is 3.88. The van der Waals surface area contributed by atoms with Gasteiger partial charge < -0.3 is 14.6 Å². The van der Waals surface area contributed by atoms with Gasteiger partial charge in [0, 0.05) is 13.0 Å². The molecule has 0 aliphatic heterocycles. The van der Waals surface area contributed by atoms with Crippen LogP contribution in [0.25, 0.3) is 0 Å². The number of hydrogen-bond acceptors (Lipinski definition) is 3. The van der Waals surface area contributed by atoms with Gasteiger partial charge >= 0.3 is 0 Å². The van der Waals surface area contributed by atoms with Crippen molar-refractivity contribution in [1.29, 1.82) is 0 Å². The lowest BCUT2D eigenvalue weighted by Gasteiger charge is -2.21. The maximum absolute atomic E-state index is 8.93. The van der Waals surface area contributed by atoms with Crippen LogP contribution in [0, 0.1) is 5.92 Å². The first kappa shape index (κ1) is 11.5. The first-order valence-electron chi connectivity index (χ1n) is 4.05. The van der Waals surface area contributed by atoms with Gasteiger partial charge in [-0.15, -0.1) is 0 Å². The Morgan fingerprint density at radius 2 is 2.08 bits per heavy atom. The molecule has 0 fully saturated rings. The van der Waals surface area contributed by atoms with Crippen molar-refractivity contribution in [3.8, 4) is 0 Å². The topological polar surface area (TPSA) is 38.7 Å². The molecule has 2 atom stereocenters. The molecule has 0 bridgehead atoms. The summed E-state index contributed by atoms with van der Waals surface area (Å²) in [5.74, 6) is 0.936. The molecule has 3 nitrogen and oxygen atoms in total. The van der Waals surface area contributed by atoms with Crippen LogP contribution in [0.15, 0.2) is 11.8 Å². The van der Waals surface area contributed by atoms with Gasteiger partial charge in [0.05, 0.1) is 25.6 Å². The standard InChI is InChI=1S/C9H18O3/c1-5-8(11-3)7(2)9(6-10)12-4/h5,7,9-10H,6H2,1-4H3. The smallest absolute Gasteiger partial charge is 0.0967 e. The Bertz CT molecular complexity index is 139. The lowest BCUT2D eigenvalue weighted by atomic mass is 10.0. The molecule has 0 saturated heterocycles. The third kappa shape index (κ3) is 2.83. The SMILES string of the molecule is CC=C(OC)C(C)C(CO)OC. The average Bonchev–Trinajstić information content (AvgIpc) is 2.09. The summed E-state index contributed by atoms with van der Waals surface area (Å²) in [6.07, 6.45) is 1.70. The molecule has 0 rings (SSSR count). The van der Waals surface area contributed by atoms with Gasteiger partial charge in [0.2, 0.25) is 0 Å². The molecule has 0 heterocycles. The fourth-order valence-electron chi connectivity index (χ4n) is 1.19. The van der Waals surface area contributed by atoms with Crippen molar-refractivity contribution in [2.75, 3.05) is 20.8 Å². The Balaban J connectivity index is 4.22. The second kappa shape index (κ2) is 6.03. The maximum atomic E-state index is 8.93. The zero-order valence-corrected chi connectivity index (χ0v) is 8.20. The fraction of sp³-hybridized carbons (Fsp3) is 0.778. The second-order valence-electron chi connectivity index (χ2n) is 2.64. The second-order valence-corrected chi connectivity index (χ2v) is 2.64. The third-order valence-corrected chi connectivity index (χ3v) is 2.01. The Morgan fingerprint density at radius 3 is 2.33 bits per heavy atom. The number of ether oxygens (including phenoxy) is 2. The molecule has 0 aromatic heterocycles. The van der Waals surface area contributed by atoms with E-state index < -0.39 is 0 Å². The van der Waals surface area contributed by atoms with E-state index in [1.54, 1.807) is 14.2 Å². The molecule has 0 radical (unpaired) electrons. The van der Waals surface area contributed by atoms with Gasteiger partial charge in [-0.05, 0) is 13.0 Å². The zero-order valence-electron chi connectivity index (χ0n) is 8.20. The van der Waals surface area contributed by atoms with Crippen LogP contribution in [0.2, 0.25) is 0 Å². The highest BCUT2D eigenvalue weighted by molar-refractivity contribution is 4.98. The number of allylic oxidation sites excluding steroid dienone is 1. The Kier molecular flexibility index (Phi) is 5.76. The van der Waals surface area contributed by atoms with Gasteiger partial charge in [-0.25, -0.2) is 0 Å². The molecule has 12 heavy (non-hydrogen) atoms. The van der Waals surface area contributed by atoms with Crippen molar-refractivity contribution in [3.63, 3.8) is 0 Å². The van der Waals surface area contributed by atoms with Crippen molar-refractivity contribution in [1.82, 2.24) is 0 Å². The van der Waals surface area contributed by atoms with Gasteiger partial charge in [-0.1, -0.05) is 6.92 Å². The van der Waals surface area contributed by atoms with Crippen LogP contribution < -0.4 is 0 Å². The molecular weight excluding hydrogens is 156 g/mol. The summed E-state index contributed by atoms with van der Waals surface area (Å²) in [5.41, 5.74) is 0. The van der Waals surface area contributed by atoms with Gasteiger partial charge in [0.25, 0.3) is 0 Å². The van der Waals surface area contributed by atoms with E-state index >= 15 is 0 Å². The minimum absolute atomic E-state index is 0.0123. The van der Waals surface area contributed by atoms with E-state index in [1.807, 2.05) is 19.9 Å². The van der Waals surface area contributed by atoms with Gasteiger partial charge in [0.1, 0.15) is 0 Å². The highest BCUT2D eigenvalue weighted by Gasteiger charge is 2.19. The lowest BCUT2D eigenvalue weighted by Crippen LogP contribution is -2.26. The van der Waals surface area contributed by atoms with Gasteiger partial charge in [0.15, 0.2) is 0 Å². The molecule has 0 spiro atoms. The normalized spacial score (nSPS) is 17.2. The van der Waals surface area contributed by atoms with E-state index in [-0.39, 0.29) is 18.6 Å². The van der Waals surface area contributed by atoms with Gasteiger partial charge in [-0.3, -0.25) is 0 Å². The summed E-state index contributed by atoms with van der Waals surface area (Å²) in [4.78, 5) is 0. The van der Waals surface area contributed by atoms with Crippen molar-refractivity contribution in [3.05, 3.63) is 11.8 Å². The Hall–Kier alpha value is -0.540. The molecule has 0 aliphatic rings. The highest BCUT2D eigenvalue weighted by Crippen LogP contribution is 2.17. The first-order chi connectivity index (χ1) is 5.71. The quantitative estimate of drug-likeness (QED) is 0.636. The minimum atomic E-state index is -0.184. The van der Waals surface area contributed by atoms with Crippen LogP contribution in [0.4, 0.5) is 0 Å². The Labute approximate surface area is 74.0 Å². The molecule has 0 aliphatic carbocycles. The number of methoxy groups -OCH3 is 2. The van der Waals surface area contributed by atoms with Crippen molar-refractivity contribution in [2.24, 2.45) is 5.92 Å². The molecule has 2 unspecified atom stereocenters. The van der Waals surface area contributed by atoms with Crippen molar-refractivity contribution < 1.29 is 14.6 Å². The molecular formula is C9H18O3. The number of aliphatic hydroxyl groups is 1. The number of hydrogen-bond donors (Lipinski definition) is 1. The maximum Gasteiger partial charge on any atom is 0.0967 e. The molecule has 0 saturated carbocycles. The largest absolute Gasteiger partial charge is 0.501 e. The van der Waals surface area contributed by atoms with Crippen molar-refractivity contribution in [2.45, 2.75) is 20.0 Å². The third-order valence-electron chi connectivity index (χ3n) is 2.01. The summed E-state index contributed by atoms with van der Waals surface area (Å²) in [5, 5.41) is 8.93. The predicted molar refractivity (Wildman–Crippen MR) is 47.8 cm³/mol.